The van der Waals surface area contributed by atoms with Crippen LogP contribution in [0.25, 0.3) is 0 Å². The van der Waals surface area contributed by atoms with Crippen LogP contribution in [0.4, 0.5) is 0 Å². The monoisotopic (exact) mass is 268 g/mol. The highest BCUT2D eigenvalue weighted by Crippen LogP contribution is 2.23. The smallest absolute Gasteiger partial charge is 0.0902 e. The van der Waals surface area contributed by atoms with Crippen LogP contribution in [0.3, 0.4) is 0 Å². The van der Waals surface area contributed by atoms with Crippen molar-refractivity contribution in [2.45, 2.75) is 59.4 Å². The summed E-state index contributed by atoms with van der Waals surface area (Å²) in [6, 6.07) is 5.96. The zero-order valence-electron chi connectivity index (χ0n) is 13.2. The van der Waals surface area contributed by atoms with Crippen molar-refractivity contribution in [1.82, 2.24) is 0 Å². The SMILES string of the molecule is COC(C)(C)C(C)(C)O.Cc1cccc(CO)c1C. The number of aliphatic hydroxyl groups is 2. The summed E-state index contributed by atoms with van der Waals surface area (Å²) in [5.74, 6) is 0. The lowest BCUT2D eigenvalue weighted by molar-refractivity contribution is -0.129. The standard InChI is InChI=1S/C9H12O.C7H16O2/c1-7-4-3-5-9(6-10)8(7)2;1-6(2,8)7(3,4)9-5/h3-5,10H,6H2,1-2H3;8H,1-5H3. The third kappa shape index (κ3) is 5.31. The van der Waals surface area contributed by atoms with Gasteiger partial charge >= 0.3 is 0 Å². The van der Waals surface area contributed by atoms with Gasteiger partial charge in [0.15, 0.2) is 0 Å². The molecule has 3 nitrogen and oxygen atoms in total. The highest BCUT2D eigenvalue weighted by Gasteiger charge is 2.34. The van der Waals surface area contributed by atoms with Crippen molar-refractivity contribution < 1.29 is 14.9 Å². The first kappa shape index (κ1) is 18.1. The summed E-state index contributed by atoms with van der Waals surface area (Å²) in [5.41, 5.74) is 2.23. The zero-order valence-corrected chi connectivity index (χ0v) is 13.2. The van der Waals surface area contributed by atoms with Crippen molar-refractivity contribution >= 4 is 0 Å². The molecule has 0 radical (unpaired) electrons. The van der Waals surface area contributed by atoms with E-state index in [0.29, 0.717) is 0 Å². The van der Waals surface area contributed by atoms with Crippen LogP contribution in [-0.4, -0.2) is 28.5 Å². The molecule has 0 spiro atoms. The Morgan fingerprint density at radius 3 is 1.89 bits per heavy atom. The van der Waals surface area contributed by atoms with Crippen LogP contribution in [0.15, 0.2) is 18.2 Å². The molecule has 3 heteroatoms. The predicted octanol–water partition coefficient (Wildman–Crippen LogP) is 2.98. The Bertz CT molecular complexity index is 389. The molecular weight excluding hydrogens is 240 g/mol. The Morgan fingerprint density at radius 2 is 1.63 bits per heavy atom. The second-order valence-corrected chi connectivity index (χ2v) is 5.79. The van der Waals surface area contributed by atoms with Gasteiger partial charge in [0.2, 0.25) is 0 Å². The lowest BCUT2D eigenvalue weighted by Gasteiger charge is -2.35. The number of hydrogen-bond acceptors (Lipinski definition) is 3. The zero-order chi connectivity index (χ0) is 15.3. The van der Waals surface area contributed by atoms with E-state index in [-0.39, 0.29) is 6.61 Å². The summed E-state index contributed by atoms with van der Waals surface area (Å²) in [4.78, 5) is 0. The minimum absolute atomic E-state index is 0.146. The summed E-state index contributed by atoms with van der Waals surface area (Å²) in [6.45, 7) is 11.4. The fraction of sp³-hybridized carbons (Fsp3) is 0.625. The maximum Gasteiger partial charge on any atom is 0.0902 e. The fourth-order valence-corrected chi connectivity index (χ4v) is 1.23. The summed E-state index contributed by atoms with van der Waals surface area (Å²) in [5, 5.41) is 18.3. The summed E-state index contributed by atoms with van der Waals surface area (Å²) < 4.78 is 5.05. The van der Waals surface area contributed by atoms with Gasteiger partial charge in [-0.1, -0.05) is 18.2 Å². The van der Waals surface area contributed by atoms with E-state index >= 15 is 0 Å². The minimum Gasteiger partial charge on any atom is -0.392 e. The van der Waals surface area contributed by atoms with Crippen LogP contribution in [0.2, 0.25) is 0 Å². The van der Waals surface area contributed by atoms with Crippen molar-refractivity contribution in [3.8, 4) is 0 Å². The summed E-state index contributed by atoms with van der Waals surface area (Å²) in [7, 11) is 1.60. The Kier molecular flexibility index (Phi) is 6.70. The second-order valence-electron chi connectivity index (χ2n) is 5.79. The number of ether oxygens (including phenoxy) is 1. The van der Waals surface area contributed by atoms with Gasteiger partial charge in [0.05, 0.1) is 17.8 Å². The van der Waals surface area contributed by atoms with Crippen LogP contribution in [-0.2, 0) is 11.3 Å². The van der Waals surface area contributed by atoms with E-state index in [1.54, 1.807) is 21.0 Å². The quantitative estimate of drug-likeness (QED) is 0.886. The van der Waals surface area contributed by atoms with E-state index in [0.717, 1.165) is 5.56 Å². The van der Waals surface area contributed by atoms with Crippen molar-refractivity contribution in [1.29, 1.82) is 0 Å². The van der Waals surface area contributed by atoms with Gasteiger partial charge in [0.1, 0.15) is 0 Å². The number of rotatable bonds is 3. The third-order valence-corrected chi connectivity index (χ3v) is 3.87. The minimum atomic E-state index is -0.776. The van der Waals surface area contributed by atoms with Crippen LogP contribution in [0.5, 0.6) is 0 Å². The number of benzene rings is 1. The van der Waals surface area contributed by atoms with Crippen molar-refractivity contribution in [3.63, 3.8) is 0 Å². The molecule has 0 aliphatic rings. The maximum absolute atomic E-state index is 9.42. The number of hydrogen-bond donors (Lipinski definition) is 2. The number of aliphatic hydroxyl groups excluding tert-OH is 1. The molecule has 110 valence electrons. The van der Waals surface area contributed by atoms with Crippen molar-refractivity contribution in [2.75, 3.05) is 7.11 Å². The molecular formula is C16H28O3. The third-order valence-electron chi connectivity index (χ3n) is 3.87. The van der Waals surface area contributed by atoms with E-state index in [1.165, 1.54) is 11.1 Å². The van der Waals surface area contributed by atoms with Crippen molar-refractivity contribution in [2.24, 2.45) is 0 Å². The molecule has 0 fully saturated rings. The molecule has 0 amide bonds. The van der Waals surface area contributed by atoms with Gasteiger partial charge in [0.25, 0.3) is 0 Å². The Hall–Kier alpha value is -0.900. The van der Waals surface area contributed by atoms with Gasteiger partial charge < -0.3 is 14.9 Å². The van der Waals surface area contributed by atoms with Gasteiger partial charge in [-0.15, -0.1) is 0 Å². The molecule has 1 aromatic carbocycles. The predicted molar refractivity (Wildman–Crippen MR) is 79.2 cm³/mol. The van der Waals surface area contributed by atoms with E-state index < -0.39 is 11.2 Å². The van der Waals surface area contributed by atoms with Crippen LogP contribution < -0.4 is 0 Å². The maximum atomic E-state index is 9.42. The van der Waals surface area contributed by atoms with E-state index in [9.17, 15) is 5.11 Å². The van der Waals surface area contributed by atoms with Crippen molar-refractivity contribution in [3.05, 3.63) is 34.9 Å². The molecule has 0 saturated heterocycles. The van der Waals surface area contributed by atoms with Crippen LogP contribution >= 0.6 is 0 Å². The lowest BCUT2D eigenvalue weighted by atomic mass is 9.90. The van der Waals surface area contributed by atoms with E-state index in [1.807, 2.05) is 32.9 Å². The Balaban J connectivity index is 0.000000344. The summed E-state index contributed by atoms with van der Waals surface area (Å²) in [6.07, 6.45) is 0. The van der Waals surface area contributed by atoms with Crippen LogP contribution in [0.1, 0.15) is 44.4 Å². The van der Waals surface area contributed by atoms with Gasteiger partial charge in [-0.05, 0) is 58.2 Å². The molecule has 0 unspecified atom stereocenters. The second kappa shape index (κ2) is 7.04. The molecule has 0 aliphatic carbocycles. The highest BCUT2D eigenvalue weighted by atomic mass is 16.5. The molecule has 1 aromatic rings. The fourth-order valence-electron chi connectivity index (χ4n) is 1.23. The van der Waals surface area contributed by atoms with Gasteiger partial charge in [-0.3, -0.25) is 0 Å². The summed E-state index contributed by atoms with van der Waals surface area (Å²) >= 11 is 0. The Labute approximate surface area is 117 Å². The normalized spacial score (nSPS) is 11.8. The van der Waals surface area contributed by atoms with Gasteiger partial charge in [0, 0.05) is 7.11 Å². The molecule has 0 aliphatic heterocycles. The lowest BCUT2D eigenvalue weighted by Crippen LogP contribution is -2.46. The van der Waals surface area contributed by atoms with Gasteiger partial charge in [-0.25, -0.2) is 0 Å². The Morgan fingerprint density at radius 1 is 1.11 bits per heavy atom. The van der Waals surface area contributed by atoms with Crippen LogP contribution in [0, 0.1) is 13.8 Å². The first-order chi connectivity index (χ1) is 8.56. The molecule has 0 aromatic heterocycles. The topological polar surface area (TPSA) is 49.7 Å². The van der Waals surface area contributed by atoms with Gasteiger partial charge in [-0.2, -0.15) is 0 Å². The average molecular weight is 268 g/mol. The molecule has 1 rings (SSSR count). The van der Waals surface area contributed by atoms with E-state index in [4.69, 9.17) is 9.84 Å². The molecule has 0 bridgehead atoms. The first-order valence-electron chi connectivity index (χ1n) is 6.50. The molecule has 19 heavy (non-hydrogen) atoms. The van der Waals surface area contributed by atoms with E-state index in [2.05, 4.69) is 13.0 Å². The highest BCUT2D eigenvalue weighted by molar-refractivity contribution is 5.32. The average Bonchev–Trinajstić information content (AvgIpc) is 2.32. The number of methoxy groups -OCH3 is 1. The molecule has 0 atom stereocenters. The first-order valence-corrected chi connectivity index (χ1v) is 6.50. The molecule has 0 heterocycles. The largest absolute Gasteiger partial charge is 0.392 e. The number of aryl methyl sites for hydroxylation is 1. The molecule has 2 N–H and O–H groups in total. The molecule has 0 saturated carbocycles.